The van der Waals surface area contributed by atoms with Crippen LogP contribution in [-0.2, 0) is 11.3 Å². The minimum absolute atomic E-state index is 0.236. The lowest BCUT2D eigenvalue weighted by Crippen LogP contribution is -2.29. The van der Waals surface area contributed by atoms with Gasteiger partial charge >= 0.3 is 0 Å². The van der Waals surface area contributed by atoms with E-state index in [0.717, 1.165) is 5.56 Å². The molecule has 0 aromatic heterocycles. The maximum Gasteiger partial charge on any atom is 0.246 e. The molecule has 1 aliphatic heterocycles. The van der Waals surface area contributed by atoms with E-state index < -0.39 is 5.79 Å². The van der Waals surface area contributed by atoms with Crippen molar-refractivity contribution in [2.24, 2.45) is 4.99 Å². The molecule has 0 unspecified atom stereocenters. The van der Waals surface area contributed by atoms with Crippen LogP contribution >= 0.6 is 11.6 Å². The molecule has 0 saturated carbocycles. The predicted molar refractivity (Wildman–Crippen MR) is 58.6 cm³/mol. The quantitative estimate of drug-likeness (QED) is 0.589. The van der Waals surface area contributed by atoms with E-state index in [0.29, 0.717) is 16.5 Å². The summed E-state index contributed by atoms with van der Waals surface area (Å²) in [5, 5.41) is 0.458. The number of hydrogen-bond acceptors (Lipinski definition) is 4. The molecular formula is C11H10ClNO3. The summed E-state index contributed by atoms with van der Waals surface area (Å²) in [5.74, 6) is 0.400. The van der Waals surface area contributed by atoms with Gasteiger partial charge in [0.1, 0.15) is 0 Å². The zero-order chi connectivity index (χ0) is 11.8. The van der Waals surface area contributed by atoms with Gasteiger partial charge in [0.25, 0.3) is 0 Å². The minimum Gasteiger partial charge on any atom is -0.449 e. The molecule has 0 atom stereocenters. The van der Waals surface area contributed by atoms with Crippen molar-refractivity contribution in [3.05, 3.63) is 22.7 Å². The molecule has 1 aliphatic rings. The number of isocyanates is 1. The second-order valence-corrected chi connectivity index (χ2v) is 4.32. The van der Waals surface area contributed by atoms with Crippen molar-refractivity contribution in [2.45, 2.75) is 26.2 Å². The standard InChI is InChI=1S/C11H10ClNO3/c1-11(2)15-9-4-7(5-13-6-14)3-8(12)10(9)16-11/h3-4H,5H2,1-2H3. The van der Waals surface area contributed by atoms with Crippen LogP contribution in [0.1, 0.15) is 19.4 Å². The lowest BCUT2D eigenvalue weighted by molar-refractivity contribution is -0.0431. The van der Waals surface area contributed by atoms with Crippen molar-refractivity contribution in [3.63, 3.8) is 0 Å². The fourth-order valence-electron chi connectivity index (χ4n) is 1.54. The Bertz CT molecular complexity index is 478. The maximum absolute atomic E-state index is 10.0. The Balaban J connectivity index is 2.37. The Labute approximate surface area is 97.8 Å². The van der Waals surface area contributed by atoms with Gasteiger partial charge in [0, 0.05) is 13.8 Å². The molecule has 16 heavy (non-hydrogen) atoms. The SMILES string of the molecule is CC1(C)Oc2cc(CN=C=O)cc(Cl)c2O1. The monoisotopic (exact) mass is 239 g/mol. The molecule has 0 fully saturated rings. The molecule has 0 bridgehead atoms. The highest BCUT2D eigenvalue weighted by Gasteiger charge is 2.33. The van der Waals surface area contributed by atoms with E-state index in [-0.39, 0.29) is 6.54 Å². The maximum atomic E-state index is 10.0. The third kappa shape index (κ3) is 2.03. The second-order valence-electron chi connectivity index (χ2n) is 3.92. The van der Waals surface area contributed by atoms with E-state index in [1.165, 1.54) is 6.08 Å². The van der Waals surface area contributed by atoms with Crippen LogP contribution in [0.4, 0.5) is 0 Å². The number of nitrogens with zero attached hydrogens (tertiary/aromatic N) is 1. The van der Waals surface area contributed by atoms with Crippen LogP contribution in [0.3, 0.4) is 0 Å². The summed E-state index contributed by atoms with van der Waals surface area (Å²) >= 11 is 6.04. The molecule has 0 amide bonds. The lowest BCUT2D eigenvalue weighted by atomic mass is 10.2. The van der Waals surface area contributed by atoms with Gasteiger partial charge in [0.15, 0.2) is 11.5 Å². The molecule has 5 heteroatoms. The minimum atomic E-state index is -0.710. The van der Waals surface area contributed by atoms with Crippen LogP contribution in [0.25, 0.3) is 0 Å². The molecule has 0 N–H and O–H groups in total. The van der Waals surface area contributed by atoms with Crippen molar-refractivity contribution in [1.82, 2.24) is 0 Å². The number of hydrogen-bond donors (Lipinski definition) is 0. The Morgan fingerprint density at radius 2 is 2.19 bits per heavy atom. The molecule has 1 aromatic carbocycles. The first-order chi connectivity index (χ1) is 7.52. The molecule has 1 aromatic rings. The van der Waals surface area contributed by atoms with E-state index in [9.17, 15) is 4.79 Å². The Morgan fingerprint density at radius 3 is 2.88 bits per heavy atom. The van der Waals surface area contributed by atoms with Crippen molar-refractivity contribution in [1.29, 1.82) is 0 Å². The van der Waals surface area contributed by atoms with Crippen molar-refractivity contribution < 1.29 is 14.3 Å². The molecule has 4 nitrogen and oxygen atoms in total. The summed E-state index contributed by atoms with van der Waals surface area (Å²) in [6, 6.07) is 3.46. The summed E-state index contributed by atoms with van der Waals surface area (Å²) in [6.45, 7) is 3.83. The van der Waals surface area contributed by atoms with Crippen molar-refractivity contribution in [3.8, 4) is 11.5 Å². The van der Waals surface area contributed by atoms with Crippen LogP contribution in [0, 0.1) is 0 Å². The lowest BCUT2D eigenvalue weighted by Gasteiger charge is -2.16. The van der Waals surface area contributed by atoms with Gasteiger partial charge < -0.3 is 9.47 Å². The van der Waals surface area contributed by atoms with Crippen LogP contribution in [0.2, 0.25) is 5.02 Å². The predicted octanol–water partition coefficient (Wildman–Crippen LogP) is 2.68. The number of aliphatic imine (C=N–C) groups is 1. The van der Waals surface area contributed by atoms with Gasteiger partial charge in [-0.3, -0.25) is 0 Å². The van der Waals surface area contributed by atoms with Gasteiger partial charge in [-0.2, -0.15) is 0 Å². The van der Waals surface area contributed by atoms with Crippen LogP contribution in [0.5, 0.6) is 11.5 Å². The Morgan fingerprint density at radius 1 is 1.44 bits per heavy atom. The van der Waals surface area contributed by atoms with E-state index in [1.54, 1.807) is 26.0 Å². The Hall–Kier alpha value is -1.51. The van der Waals surface area contributed by atoms with E-state index >= 15 is 0 Å². The zero-order valence-corrected chi connectivity index (χ0v) is 9.67. The molecule has 0 spiro atoms. The van der Waals surface area contributed by atoms with Gasteiger partial charge in [-0.15, -0.1) is 0 Å². The summed E-state index contributed by atoms with van der Waals surface area (Å²) in [6.07, 6.45) is 1.48. The van der Waals surface area contributed by atoms with Gasteiger partial charge in [0.2, 0.25) is 11.9 Å². The average molecular weight is 240 g/mol. The Kier molecular flexibility index (Phi) is 2.62. The van der Waals surface area contributed by atoms with Gasteiger partial charge in [-0.05, 0) is 17.7 Å². The third-order valence-corrected chi connectivity index (χ3v) is 2.38. The van der Waals surface area contributed by atoms with E-state index in [2.05, 4.69) is 4.99 Å². The number of carbonyl (C=O) groups excluding carboxylic acids is 1. The van der Waals surface area contributed by atoms with Gasteiger partial charge in [-0.25, -0.2) is 9.79 Å². The fourth-order valence-corrected chi connectivity index (χ4v) is 1.81. The van der Waals surface area contributed by atoms with E-state index in [1.807, 2.05) is 0 Å². The van der Waals surface area contributed by atoms with Gasteiger partial charge in [0.05, 0.1) is 11.6 Å². The fraction of sp³-hybridized carbons (Fsp3) is 0.364. The molecular weight excluding hydrogens is 230 g/mol. The van der Waals surface area contributed by atoms with E-state index in [4.69, 9.17) is 21.1 Å². The van der Waals surface area contributed by atoms with Gasteiger partial charge in [-0.1, -0.05) is 11.6 Å². The van der Waals surface area contributed by atoms with Crippen molar-refractivity contribution in [2.75, 3.05) is 0 Å². The molecule has 84 valence electrons. The normalized spacial score (nSPS) is 15.7. The largest absolute Gasteiger partial charge is 0.449 e. The summed E-state index contributed by atoms with van der Waals surface area (Å²) in [5.41, 5.74) is 0.786. The first-order valence-corrected chi connectivity index (χ1v) is 5.14. The van der Waals surface area contributed by atoms with Crippen LogP contribution in [0.15, 0.2) is 17.1 Å². The number of rotatable bonds is 2. The molecule has 0 aliphatic carbocycles. The summed E-state index contributed by atoms with van der Waals surface area (Å²) in [7, 11) is 0. The summed E-state index contributed by atoms with van der Waals surface area (Å²) < 4.78 is 11.1. The number of benzene rings is 1. The molecule has 1 heterocycles. The number of halogens is 1. The first kappa shape index (κ1) is 11.0. The average Bonchev–Trinajstić information content (AvgIpc) is 2.50. The zero-order valence-electron chi connectivity index (χ0n) is 8.91. The highest BCUT2D eigenvalue weighted by atomic mass is 35.5. The highest BCUT2D eigenvalue weighted by Crippen LogP contribution is 2.44. The van der Waals surface area contributed by atoms with Crippen molar-refractivity contribution >= 4 is 17.7 Å². The topological polar surface area (TPSA) is 47.9 Å². The third-order valence-electron chi connectivity index (χ3n) is 2.10. The van der Waals surface area contributed by atoms with Crippen LogP contribution < -0.4 is 9.47 Å². The number of ether oxygens (including phenoxy) is 2. The second kappa shape index (κ2) is 3.81. The molecule has 0 saturated heterocycles. The van der Waals surface area contributed by atoms with Crippen LogP contribution in [-0.4, -0.2) is 11.9 Å². The number of fused-ring (bicyclic) bond motifs is 1. The smallest absolute Gasteiger partial charge is 0.246 e. The first-order valence-electron chi connectivity index (χ1n) is 4.76. The molecule has 2 rings (SSSR count). The molecule has 0 radical (unpaired) electrons. The summed E-state index contributed by atoms with van der Waals surface area (Å²) in [4.78, 5) is 13.5. The highest BCUT2D eigenvalue weighted by molar-refractivity contribution is 6.32.